The maximum atomic E-state index is 13.3. The number of nitrogens with zero attached hydrogens (tertiary/aromatic N) is 1. The molecule has 3 aliphatic heterocycles. The second-order valence-electron chi connectivity index (χ2n) is 20.7. The van der Waals surface area contributed by atoms with E-state index in [0.29, 0.717) is 0 Å². The average Bonchev–Trinajstić information content (AvgIpc) is 3.37. The lowest BCUT2D eigenvalue weighted by Gasteiger charge is -2.47. The highest BCUT2D eigenvalue weighted by Crippen LogP contribution is 2.39. The SMILES string of the molecule is COC(=O)[C@H]1[C@@H]2C[C@@H](O[C@@H]3O[C@H](C)[C@@H](O)[C@H](N(C)CC(=O)[C@@H](O)[C@H](O)[C@H](O)CO)[C@@H]3O)C=CC=CC=CC=CC=CC=CC=C[C@H](C)[C@@H](O)[C@@H](C)[C@H](C)OC(=O)C[C@H](O)C[C@H](O)CC[C@@H](O)[C@H](O)C[C@H](O)C[C@](O)(C[C@@H]1O)O2. The summed E-state index contributed by atoms with van der Waals surface area (Å²) in [4.78, 5) is 40.1. The number of carbonyl (C=O) groups excluding carboxylic acids is 3. The van der Waals surface area contributed by atoms with Crippen LogP contribution in [-0.4, -0.2) is 237 Å². The molecule has 0 amide bonds. The summed E-state index contributed by atoms with van der Waals surface area (Å²) in [6, 6.07) is -1.33. The van der Waals surface area contributed by atoms with E-state index in [2.05, 4.69) is 0 Å². The molecule has 0 spiro atoms. The second-order valence-corrected chi connectivity index (χ2v) is 20.7. The zero-order valence-corrected chi connectivity index (χ0v) is 45.3. The van der Waals surface area contributed by atoms with Crippen LogP contribution in [0.15, 0.2) is 85.1 Å². The van der Waals surface area contributed by atoms with Crippen LogP contribution in [0.1, 0.15) is 79.1 Å². The Balaban J connectivity index is 1.97. The number of fused-ring (bicyclic) bond motifs is 2. The number of cyclic esters (lactones) is 1. The lowest BCUT2D eigenvalue weighted by Crippen LogP contribution is -2.64. The Kier molecular flexibility index (Phi) is 29.6. The van der Waals surface area contributed by atoms with E-state index in [1.54, 1.807) is 92.8 Å². The predicted octanol–water partition coefficient (Wildman–Crippen LogP) is -1.58. The molecule has 3 heterocycles. The summed E-state index contributed by atoms with van der Waals surface area (Å²) in [7, 11) is 2.40. The summed E-state index contributed by atoms with van der Waals surface area (Å²) in [5, 5.41) is 151. The van der Waals surface area contributed by atoms with Crippen molar-refractivity contribution in [3.63, 3.8) is 0 Å². The number of allylic oxidation sites excluding steroid dienone is 12. The first-order valence-electron chi connectivity index (χ1n) is 26.4. The van der Waals surface area contributed by atoms with Gasteiger partial charge in [0.2, 0.25) is 0 Å². The minimum Gasteiger partial charge on any atom is -0.469 e. The molecule has 0 radical (unpaired) electrons. The molecule has 3 rings (SSSR count). The third kappa shape index (κ3) is 21.9. The van der Waals surface area contributed by atoms with Crippen molar-refractivity contribution in [3.05, 3.63) is 85.1 Å². The van der Waals surface area contributed by atoms with E-state index in [9.17, 15) is 85.9 Å². The highest BCUT2D eigenvalue weighted by atomic mass is 16.7. The quantitative estimate of drug-likeness (QED) is 0.110. The summed E-state index contributed by atoms with van der Waals surface area (Å²) in [6.07, 6.45) is -4.51. The van der Waals surface area contributed by atoms with Gasteiger partial charge >= 0.3 is 11.9 Å². The van der Waals surface area contributed by atoms with Crippen molar-refractivity contribution in [1.82, 2.24) is 4.90 Å². The summed E-state index contributed by atoms with van der Waals surface area (Å²) in [5.74, 6) is -7.36. The van der Waals surface area contributed by atoms with Gasteiger partial charge in [0.05, 0.1) is 99.9 Å². The zero-order chi connectivity index (χ0) is 58.4. The molecular formula is C55H87NO22. The molecule has 2 saturated heterocycles. The fourth-order valence-corrected chi connectivity index (χ4v) is 9.51. The van der Waals surface area contributed by atoms with Crippen LogP contribution in [0.2, 0.25) is 0 Å². The van der Waals surface area contributed by atoms with Gasteiger partial charge in [-0.3, -0.25) is 19.3 Å². The van der Waals surface area contributed by atoms with Gasteiger partial charge < -0.3 is 95.2 Å². The van der Waals surface area contributed by atoms with Gasteiger partial charge in [0, 0.05) is 37.5 Å². The van der Waals surface area contributed by atoms with Gasteiger partial charge in [-0.25, -0.2) is 0 Å². The highest BCUT2D eigenvalue weighted by Gasteiger charge is 2.52. The molecule has 23 heteroatoms. The third-order valence-corrected chi connectivity index (χ3v) is 14.3. The lowest BCUT2D eigenvalue weighted by molar-refractivity contribution is -0.312. The smallest absolute Gasteiger partial charge is 0.313 e. The maximum absolute atomic E-state index is 13.3. The first-order chi connectivity index (χ1) is 36.7. The number of aliphatic hydroxyl groups is 14. The van der Waals surface area contributed by atoms with Gasteiger partial charge in [-0.1, -0.05) is 98.9 Å². The largest absolute Gasteiger partial charge is 0.469 e. The number of likely N-dealkylation sites (N-methyl/N-ethyl adjacent to an activating group) is 1. The lowest BCUT2D eigenvalue weighted by atomic mass is 9.82. The van der Waals surface area contributed by atoms with Crippen LogP contribution in [0.25, 0.3) is 0 Å². The third-order valence-electron chi connectivity index (χ3n) is 14.3. The Morgan fingerprint density at radius 2 is 1.28 bits per heavy atom. The van der Waals surface area contributed by atoms with E-state index >= 15 is 0 Å². The molecule has 0 aromatic heterocycles. The average molecular weight is 1110 g/mol. The van der Waals surface area contributed by atoms with Gasteiger partial charge in [0.25, 0.3) is 0 Å². The van der Waals surface area contributed by atoms with Gasteiger partial charge in [-0.15, -0.1) is 0 Å². The molecule has 2 bridgehead atoms. The first-order valence-corrected chi connectivity index (χ1v) is 26.4. The molecule has 3 aliphatic rings. The van der Waals surface area contributed by atoms with Crippen LogP contribution in [0.4, 0.5) is 0 Å². The minimum absolute atomic E-state index is 0.138. The van der Waals surface area contributed by atoms with Gasteiger partial charge in [-0.05, 0) is 40.2 Å². The van der Waals surface area contributed by atoms with Gasteiger partial charge in [0.1, 0.15) is 36.4 Å². The number of carbonyl (C=O) groups is 3. The van der Waals surface area contributed by atoms with Crippen LogP contribution in [0, 0.1) is 17.8 Å². The molecule has 0 saturated carbocycles. The number of hydrogen-bond acceptors (Lipinski definition) is 23. The topological polar surface area (TPSA) is 384 Å². The number of aliphatic hydroxyl groups excluding tert-OH is 13. The second kappa shape index (κ2) is 33.7. The maximum Gasteiger partial charge on any atom is 0.313 e. The summed E-state index contributed by atoms with van der Waals surface area (Å²) >= 11 is 0. The Labute approximate surface area is 456 Å². The van der Waals surface area contributed by atoms with Crippen LogP contribution >= 0.6 is 0 Å². The molecule has 22 atom stereocenters. The Morgan fingerprint density at radius 3 is 1.86 bits per heavy atom. The Morgan fingerprint density at radius 1 is 0.705 bits per heavy atom. The van der Waals surface area contributed by atoms with Crippen LogP contribution < -0.4 is 0 Å². The van der Waals surface area contributed by atoms with Crippen molar-refractivity contribution in [2.24, 2.45) is 17.8 Å². The van der Waals surface area contributed by atoms with E-state index in [0.717, 1.165) is 7.11 Å². The van der Waals surface area contributed by atoms with E-state index in [1.165, 1.54) is 24.9 Å². The van der Waals surface area contributed by atoms with E-state index < -0.39 is 184 Å². The molecule has 0 aromatic rings. The first kappa shape index (κ1) is 68.3. The van der Waals surface area contributed by atoms with Gasteiger partial charge in [0.15, 0.2) is 17.9 Å². The molecule has 444 valence electrons. The zero-order valence-electron chi connectivity index (χ0n) is 45.3. The van der Waals surface area contributed by atoms with Crippen molar-refractivity contribution >= 4 is 17.7 Å². The molecule has 0 unspecified atom stereocenters. The minimum atomic E-state index is -2.38. The molecule has 0 aromatic carbocycles. The highest BCUT2D eigenvalue weighted by molar-refractivity contribution is 5.85. The van der Waals surface area contributed by atoms with Crippen LogP contribution in [0.5, 0.6) is 0 Å². The summed E-state index contributed by atoms with van der Waals surface area (Å²) in [6.45, 7) is 5.00. The van der Waals surface area contributed by atoms with Crippen LogP contribution in [-0.2, 0) is 38.1 Å². The van der Waals surface area contributed by atoms with Crippen molar-refractivity contribution < 1.29 is 110 Å². The van der Waals surface area contributed by atoms with E-state index in [4.69, 9.17) is 23.7 Å². The molecule has 0 aliphatic carbocycles. The standard InChI is InChI=1S/C55H87NO22/c1-31-19-17-15-13-11-9-7-8-10-12-14-16-18-20-38(77-54-52(71)47(49(68)34(4)76-54)56(5)29-42(64)50(69)51(70)43(65)30-57)26-44-46(53(72)74-6)41(63)28-55(73,78-44)27-37(60)24-40(62)39(61)22-21-35(58)23-36(59)25-45(66)75-33(3)32(2)48(31)67/h7-20,31-41,43-44,46-52,54,57-63,65,67-71,73H,21-30H2,1-6H3/t31-,32-,33-,34+,35+,36+,37-,38-,39+,40+,41-,43+,44-,46+,47-,48+,49+,50+,51+,52-,54-,55+/m0/s1. The van der Waals surface area contributed by atoms with E-state index in [-0.39, 0.29) is 31.6 Å². The fourth-order valence-electron chi connectivity index (χ4n) is 9.51. The Bertz CT molecular complexity index is 2030. The Hall–Kier alpha value is -3.93. The van der Waals surface area contributed by atoms with Crippen molar-refractivity contribution in [1.29, 1.82) is 0 Å². The van der Waals surface area contributed by atoms with Gasteiger partial charge in [-0.2, -0.15) is 0 Å². The number of ether oxygens (including phenoxy) is 5. The van der Waals surface area contributed by atoms with Crippen molar-refractivity contribution in [2.75, 3.05) is 27.3 Å². The normalized spacial score (nSPS) is 38.3. The van der Waals surface area contributed by atoms with Crippen molar-refractivity contribution in [2.45, 2.75) is 195 Å². The summed E-state index contributed by atoms with van der Waals surface area (Å²) < 4.78 is 28.8. The molecular weight excluding hydrogens is 1030 g/mol. The number of rotatable bonds is 10. The number of Topliss-reactive ketones (excluding diaryl/α,β-unsaturated/α-hetero) is 1. The van der Waals surface area contributed by atoms with E-state index in [1.807, 2.05) is 6.92 Å². The molecule has 78 heavy (non-hydrogen) atoms. The monoisotopic (exact) mass is 1110 g/mol. The molecule has 23 nitrogen and oxygen atoms in total. The number of methoxy groups -OCH3 is 1. The summed E-state index contributed by atoms with van der Waals surface area (Å²) in [5.41, 5.74) is 0. The number of hydrogen-bond donors (Lipinski definition) is 14. The predicted molar refractivity (Wildman–Crippen MR) is 280 cm³/mol. The fraction of sp³-hybridized carbons (Fsp3) is 0.691. The van der Waals surface area contributed by atoms with Crippen LogP contribution in [0.3, 0.4) is 0 Å². The number of esters is 2. The number of ketones is 1. The molecule has 14 N–H and O–H groups in total. The van der Waals surface area contributed by atoms with Crippen molar-refractivity contribution in [3.8, 4) is 0 Å². The molecule has 2 fully saturated rings.